The van der Waals surface area contributed by atoms with Gasteiger partial charge in [0.15, 0.2) is 0 Å². The minimum Gasteiger partial charge on any atom is -0.348 e. The van der Waals surface area contributed by atoms with Crippen LogP contribution in [-0.2, 0) is 11.2 Å². The number of thiophene rings is 2. The molecule has 1 amide bonds. The van der Waals surface area contributed by atoms with Crippen LogP contribution in [0.5, 0.6) is 0 Å². The number of hydrogen-bond acceptors (Lipinski definition) is 4. The highest BCUT2D eigenvalue weighted by Gasteiger charge is 2.15. The summed E-state index contributed by atoms with van der Waals surface area (Å²) in [6, 6.07) is 8.59. The maximum atomic E-state index is 11.7. The molecular weight excluding hydrogens is 276 g/mol. The molecule has 2 aromatic rings. The second-order valence-electron chi connectivity index (χ2n) is 4.52. The summed E-state index contributed by atoms with van der Waals surface area (Å²) < 4.78 is 0. The van der Waals surface area contributed by atoms with E-state index in [0.717, 1.165) is 6.42 Å². The van der Waals surface area contributed by atoms with E-state index in [1.54, 1.807) is 41.7 Å². The van der Waals surface area contributed by atoms with Crippen molar-refractivity contribution < 1.29 is 4.79 Å². The zero-order valence-corrected chi connectivity index (χ0v) is 12.8. The number of carbonyl (C=O) groups is 1. The molecule has 0 saturated heterocycles. The molecule has 0 aliphatic rings. The van der Waals surface area contributed by atoms with Crippen LogP contribution in [0.2, 0.25) is 0 Å². The molecule has 19 heavy (non-hydrogen) atoms. The summed E-state index contributed by atoms with van der Waals surface area (Å²) in [5, 5.41) is 7.53. The van der Waals surface area contributed by atoms with E-state index in [-0.39, 0.29) is 11.9 Å². The van der Waals surface area contributed by atoms with Crippen molar-refractivity contribution in [3.63, 3.8) is 0 Å². The smallest absolute Gasteiger partial charge is 0.236 e. The number of amides is 1. The van der Waals surface area contributed by atoms with Crippen LogP contribution in [0.3, 0.4) is 0 Å². The second kappa shape index (κ2) is 6.84. The first-order valence-corrected chi connectivity index (χ1v) is 7.92. The van der Waals surface area contributed by atoms with Crippen molar-refractivity contribution in [1.82, 2.24) is 10.2 Å². The molecule has 0 spiro atoms. The fourth-order valence-electron chi connectivity index (χ4n) is 1.76. The van der Waals surface area contributed by atoms with E-state index in [1.165, 1.54) is 9.75 Å². The molecule has 102 valence electrons. The molecule has 1 unspecified atom stereocenters. The average Bonchev–Trinajstić information content (AvgIpc) is 3.06. The van der Waals surface area contributed by atoms with Gasteiger partial charge >= 0.3 is 0 Å². The minimum absolute atomic E-state index is 0.104. The molecule has 0 aromatic carbocycles. The Kier molecular flexibility index (Phi) is 5.13. The van der Waals surface area contributed by atoms with Crippen LogP contribution in [0, 0.1) is 0 Å². The largest absolute Gasteiger partial charge is 0.348 e. The van der Waals surface area contributed by atoms with Crippen LogP contribution in [0.15, 0.2) is 35.0 Å². The number of nitrogens with zero attached hydrogens (tertiary/aromatic N) is 1. The third-order valence-electron chi connectivity index (χ3n) is 2.87. The molecule has 2 rings (SSSR count). The number of nitrogens with one attached hydrogen (secondary N) is 1. The van der Waals surface area contributed by atoms with Crippen molar-refractivity contribution in [2.75, 3.05) is 20.6 Å². The van der Waals surface area contributed by atoms with Crippen molar-refractivity contribution in [2.24, 2.45) is 0 Å². The van der Waals surface area contributed by atoms with Crippen LogP contribution in [0.25, 0.3) is 0 Å². The molecule has 0 fully saturated rings. The summed E-state index contributed by atoms with van der Waals surface area (Å²) in [6.45, 7) is 0.376. The Labute approximate surface area is 121 Å². The predicted octanol–water partition coefficient (Wildman–Crippen LogP) is 2.77. The third kappa shape index (κ3) is 4.16. The van der Waals surface area contributed by atoms with Gasteiger partial charge < -0.3 is 10.2 Å². The SMILES string of the molecule is CN(C)C(=O)CNC(Cc1cccs1)c1cccs1. The van der Waals surface area contributed by atoms with Crippen LogP contribution in [0.1, 0.15) is 15.8 Å². The summed E-state index contributed by atoms with van der Waals surface area (Å²) in [6.07, 6.45) is 0.929. The van der Waals surface area contributed by atoms with Gasteiger partial charge in [-0.3, -0.25) is 4.79 Å². The Morgan fingerprint density at radius 3 is 2.58 bits per heavy atom. The Morgan fingerprint density at radius 1 is 1.26 bits per heavy atom. The summed E-state index contributed by atoms with van der Waals surface area (Å²) in [4.78, 5) is 15.9. The van der Waals surface area contributed by atoms with Gasteiger partial charge in [0.05, 0.1) is 6.54 Å². The van der Waals surface area contributed by atoms with Gasteiger partial charge in [-0.25, -0.2) is 0 Å². The Hall–Kier alpha value is -1.17. The summed E-state index contributed by atoms with van der Waals surface area (Å²) in [5.41, 5.74) is 0. The van der Waals surface area contributed by atoms with Crippen LogP contribution >= 0.6 is 22.7 Å². The highest BCUT2D eigenvalue weighted by atomic mass is 32.1. The fraction of sp³-hybridized carbons (Fsp3) is 0.357. The molecule has 2 heterocycles. The highest BCUT2D eigenvalue weighted by molar-refractivity contribution is 7.10. The Bertz CT molecular complexity index is 492. The Morgan fingerprint density at radius 2 is 2.00 bits per heavy atom. The lowest BCUT2D eigenvalue weighted by atomic mass is 10.1. The monoisotopic (exact) mass is 294 g/mol. The van der Waals surface area contributed by atoms with E-state index in [4.69, 9.17) is 0 Å². The minimum atomic E-state index is 0.104. The molecule has 0 aliphatic heterocycles. The second-order valence-corrected chi connectivity index (χ2v) is 6.53. The quantitative estimate of drug-likeness (QED) is 0.888. The van der Waals surface area contributed by atoms with Gasteiger partial charge in [-0.2, -0.15) is 0 Å². The zero-order chi connectivity index (χ0) is 13.7. The summed E-state index contributed by atoms with van der Waals surface area (Å²) in [7, 11) is 3.56. The highest BCUT2D eigenvalue weighted by Crippen LogP contribution is 2.24. The van der Waals surface area contributed by atoms with E-state index in [2.05, 4.69) is 40.3 Å². The Balaban J connectivity index is 2.01. The van der Waals surface area contributed by atoms with E-state index < -0.39 is 0 Å². The molecule has 0 saturated carbocycles. The van der Waals surface area contributed by atoms with Gasteiger partial charge in [0, 0.05) is 36.3 Å². The lowest BCUT2D eigenvalue weighted by molar-refractivity contribution is -0.127. The van der Waals surface area contributed by atoms with Crippen LogP contribution < -0.4 is 5.32 Å². The van der Waals surface area contributed by atoms with E-state index in [1.807, 2.05) is 0 Å². The van der Waals surface area contributed by atoms with Gasteiger partial charge in [0.2, 0.25) is 5.91 Å². The average molecular weight is 294 g/mol. The summed E-state index contributed by atoms with van der Waals surface area (Å²) in [5.74, 6) is 0.104. The standard InChI is InChI=1S/C14H18N2OS2/c1-16(2)14(17)10-15-12(13-6-4-8-19-13)9-11-5-3-7-18-11/h3-8,12,15H,9-10H2,1-2H3. The number of carbonyl (C=O) groups excluding carboxylic acids is 1. The van der Waals surface area contributed by atoms with E-state index in [0.29, 0.717) is 6.54 Å². The molecule has 0 radical (unpaired) electrons. The van der Waals surface area contributed by atoms with Crippen molar-refractivity contribution in [1.29, 1.82) is 0 Å². The number of hydrogen-bond donors (Lipinski definition) is 1. The van der Waals surface area contributed by atoms with Gasteiger partial charge in [-0.15, -0.1) is 22.7 Å². The lowest BCUT2D eigenvalue weighted by Gasteiger charge is -2.18. The molecule has 5 heteroatoms. The first-order valence-electron chi connectivity index (χ1n) is 6.16. The maximum absolute atomic E-state index is 11.7. The van der Waals surface area contributed by atoms with Crippen molar-refractivity contribution in [2.45, 2.75) is 12.5 Å². The maximum Gasteiger partial charge on any atom is 0.236 e. The predicted molar refractivity (Wildman–Crippen MR) is 81.8 cm³/mol. The molecule has 1 N–H and O–H groups in total. The first-order chi connectivity index (χ1) is 9.16. The van der Waals surface area contributed by atoms with Gasteiger partial charge in [-0.05, 0) is 22.9 Å². The molecule has 2 aromatic heterocycles. The number of rotatable bonds is 6. The number of likely N-dealkylation sites (N-methyl/N-ethyl adjacent to an activating group) is 1. The van der Waals surface area contributed by atoms with Crippen molar-refractivity contribution in [3.8, 4) is 0 Å². The van der Waals surface area contributed by atoms with Gasteiger partial charge in [0.25, 0.3) is 0 Å². The van der Waals surface area contributed by atoms with E-state index in [9.17, 15) is 4.79 Å². The molecule has 1 atom stereocenters. The third-order valence-corrected chi connectivity index (χ3v) is 4.76. The summed E-state index contributed by atoms with van der Waals surface area (Å²) >= 11 is 3.49. The first kappa shape index (κ1) is 14.2. The molecule has 3 nitrogen and oxygen atoms in total. The normalized spacial score (nSPS) is 12.3. The zero-order valence-electron chi connectivity index (χ0n) is 11.1. The molecule has 0 aliphatic carbocycles. The molecular formula is C14H18N2OS2. The fourth-order valence-corrected chi connectivity index (χ4v) is 3.32. The lowest BCUT2D eigenvalue weighted by Crippen LogP contribution is -2.35. The molecule has 0 bridgehead atoms. The topological polar surface area (TPSA) is 32.3 Å². The van der Waals surface area contributed by atoms with Crippen molar-refractivity contribution in [3.05, 3.63) is 44.8 Å². The van der Waals surface area contributed by atoms with Crippen LogP contribution in [0.4, 0.5) is 0 Å². The van der Waals surface area contributed by atoms with E-state index >= 15 is 0 Å². The van der Waals surface area contributed by atoms with Crippen LogP contribution in [-0.4, -0.2) is 31.4 Å². The van der Waals surface area contributed by atoms with Crippen molar-refractivity contribution >= 4 is 28.6 Å². The van der Waals surface area contributed by atoms with Gasteiger partial charge in [-0.1, -0.05) is 12.1 Å². The van der Waals surface area contributed by atoms with Gasteiger partial charge in [0.1, 0.15) is 0 Å².